The van der Waals surface area contributed by atoms with Crippen molar-refractivity contribution in [3.05, 3.63) is 65.9 Å². The van der Waals surface area contributed by atoms with Gasteiger partial charge in [-0.3, -0.25) is 4.79 Å². The summed E-state index contributed by atoms with van der Waals surface area (Å²) in [7, 11) is 1.67. The summed E-state index contributed by atoms with van der Waals surface area (Å²) >= 11 is 0. The van der Waals surface area contributed by atoms with Crippen molar-refractivity contribution in [2.24, 2.45) is 5.41 Å². The first-order chi connectivity index (χ1) is 15.6. The van der Waals surface area contributed by atoms with Gasteiger partial charge in [0.05, 0.1) is 13.2 Å². The van der Waals surface area contributed by atoms with Crippen LogP contribution in [0.25, 0.3) is 10.9 Å². The third kappa shape index (κ3) is 2.98. The highest BCUT2D eigenvalue weighted by atomic mass is 16.5. The van der Waals surface area contributed by atoms with Crippen LogP contribution in [0, 0.1) is 5.41 Å². The summed E-state index contributed by atoms with van der Waals surface area (Å²) in [6.45, 7) is 2.41. The third-order valence-electron chi connectivity index (χ3n) is 8.34. The van der Waals surface area contributed by atoms with Crippen molar-refractivity contribution in [1.29, 1.82) is 0 Å². The lowest BCUT2D eigenvalue weighted by molar-refractivity contribution is -0.0114. The molecule has 1 aromatic heterocycles. The van der Waals surface area contributed by atoms with Gasteiger partial charge in [-0.05, 0) is 61.9 Å². The smallest absolute Gasteiger partial charge is 0.270 e. The van der Waals surface area contributed by atoms with E-state index in [9.17, 15) is 4.79 Å². The van der Waals surface area contributed by atoms with Gasteiger partial charge in [-0.1, -0.05) is 37.3 Å². The Morgan fingerprint density at radius 2 is 2.00 bits per heavy atom. The molecule has 1 saturated carbocycles. The van der Waals surface area contributed by atoms with Crippen molar-refractivity contribution in [3.63, 3.8) is 0 Å². The van der Waals surface area contributed by atoms with E-state index >= 15 is 0 Å². The van der Waals surface area contributed by atoms with Crippen LogP contribution in [-0.2, 0) is 6.42 Å². The van der Waals surface area contributed by atoms with E-state index in [1.165, 1.54) is 18.4 Å². The molecule has 2 N–H and O–H groups in total. The van der Waals surface area contributed by atoms with Crippen LogP contribution in [0.3, 0.4) is 0 Å². The maximum atomic E-state index is 14.1. The number of nitrogens with zero attached hydrogens (tertiary/aromatic N) is 1. The normalized spacial score (nSPS) is 31.1. The molecular formula is C27H31N3O2. The van der Waals surface area contributed by atoms with Gasteiger partial charge >= 0.3 is 0 Å². The van der Waals surface area contributed by atoms with Crippen molar-refractivity contribution in [1.82, 2.24) is 15.2 Å². The molecule has 2 bridgehead atoms. The number of piperidine rings is 1. The largest absolute Gasteiger partial charge is 0.497 e. The zero-order valence-electron chi connectivity index (χ0n) is 18.8. The Balaban J connectivity index is 1.41. The fraction of sp³-hybridized carbons (Fsp3) is 0.444. The number of aromatic amines is 1. The van der Waals surface area contributed by atoms with E-state index in [0.29, 0.717) is 17.8 Å². The van der Waals surface area contributed by atoms with Gasteiger partial charge in [0.2, 0.25) is 0 Å². The molecule has 3 aliphatic rings. The van der Waals surface area contributed by atoms with E-state index < -0.39 is 0 Å². The average Bonchev–Trinajstić information content (AvgIpc) is 3.39. The summed E-state index contributed by atoms with van der Waals surface area (Å²) in [5.74, 6) is 0.937. The van der Waals surface area contributed by atoms with Crippen LogP contribution >= 0.6 is 0 Å². The Bertz CT molecular complexity index is 1160. The van der Waals surface area contributed by atoms with Crippen molar-refractivity contribution >= 4 is 16.8 Å². The van der Waals surface area contributed by atoms with Crippen LogP contribution in [0.2, 0.25) is 0 Å². The Morgan fingerprint density at radius 1 is 1.16 bits per heavy atom. The lowest BCUT2D eigenvalue weighted by Crippen LogP contribution is -2.62. The molecule has 6 rings (SSSR count). The van der Waals surface area contributed by atoms with Crippen LogP contribution in [0.4, 0.5) is 0 Å². The molecule has 2 aromatic carbocycles. The first-order valence-corrected chi connectivity index (χ1v) is 11.9. The summed E-state index contributed by atoms with van der Waals surface area (Å²) in [6.07, 6.45) is 5.53. The number of H-pyrrole nitrogens is 1. The number of benzene rings is 2. The maximum Gasteiger partial charge on any atom is 0.270 e. The van der Waals surface area contributed by atoms with Gasteiger partial charge in [0, 0.05) is 34.4 Å². The monoisotopic (exact) mass is 429 g/mol. The van der Waals surface area contributed by atoms with Crippen LogP contribution in [0.5, 0.6) is 5.75 Å². The number of aromatic nitrogens is 1. The number of rotatable bonds is 4. The van der Waals surface area contributed by atoms with E-state index in [1.54, 1.807) is 7.11 Å². The molecule has 3 heterocycles. The summed E-state index contributed by atoms with van der Waals surface area (Å²) < 4.78 is 5.38. The number of nitrogens with one attached hydrogen (secondary N) is 2. The Morgan fingerprint density at radius 3 is 2.81 bits per heavy atom. The zero-order valence-corrected chi connectivity index (χ0v) is 18.8. The average molecular weight is 430 g/mol. The van der Waals surface area contributed by atoms with Crippen LogP contribution in [0.15, 0.2) is 54.6 Å². The summed E-state index contributed by atoms with van der Waals surface area (Å²) in [5, 5.41) is 4.96. The topological polar surface area (TPSA) is 57.4 Å². The minimum atomic E-state index is 0.131. The number of carbonyl (C=O) groups is 1. The van der Waals surface area contributed by atoms with E-state index in [1.807, 2.05) is 24.3 Å². The Labute approximate surface area is 189 Å². The van der Waals surface area contributed by atoms with E-state index in [2.05, 4.69) is 52.5 Å². The van der Waals surface area contributed by atoms with Gasteiger partial charge in [-0.2, -0.15) is 0 Å². The minimum absolute atomic E-state index is 0.131. The van der Waals surface area contributed by atoms with Crippen molar-refractivity contribution in [3.8, 4) is 5.75 Å². The minimum Gasteiger partial charge on any atom is -0.497 e. The fourth-order valence-electron chi connectivity index (χ4n) is 6.76. The zero-order chi connectivity index (χ0) is 21.9. The van der Waals surface area contributed by atoms with Crippen molar-refractivity contribution < 1.29 is 9.53 Å². The van der Waals surface area contributed by atoms with Gasteiger partial charge in [-0.25, -0.2) is 0 Å². The molecule has 32 heavy (non-hydrogen) atoms. The lowest BCUT2D eigenvalue weighted by Gasteiger charge is -2.53. The highest BCUT2D eigenvalue weighted by Crippen LogP contribution is 2.52. The molecule has 2 aliphatic heterocycles. The Kier molecular flexibility index (Phi) is 4.58. The van der Waals surface area contributed by atoms with Gasteiger partial charge in [0.15, 0.2) is 0 Å². The van der Waals surface area contributed by atoms with Crippen molar-refractivity contribution in [2.75, 3.05) is 7.11 Å². The van der Waals surface area contributed by atoms with Gasteiger partial charge in [0.25, 0.3) is 5.91 Å². The third-order valence-corrected chi connectivity index (χ3v) is 8.34. The highest BCUT2D eigenvalue weighted by molar-refractivity contribution is 5.98. The summed E-state index contributed by atoms with van der Waals surface area (Å²) in [4.78, 5) is 19.8. The predicted molar refractivity (Wildman–Crippen MR) is 126 cm³/mol. The molecule has 5 heteroatoms. The second-order valence-electron chi connectivity index (χ2n) is 10.1. The van der Waals surface area contributed by atoms with E-state index in [-0.39, 0.29) is 23.4 Å². The van der Waals surface area contributed by atoms with Gasteiger partial charge in [-0.15, -0.1) is 0 Å². The maximum absolute atomic E-state index is 14.1. The number of carbonyl (C=O) groups excluding carboxylic acids is 1. The molecule has 0 radical (unpaired) electrons. The number of hydrogen-bond donors (Lipinski definition) is 2. The molecule has 2 saturated heterocycles. The SMILES string of the molecule is COc1ccc2[nH]c(C(=O)N3[C@@H](Cc4ccccc4)[C@@H]4C[C@@]5(C)[C@H](CCC[C@@H]35)N4)cc2c1. The molecule has 3 aromatic rings. The first kappa shape index (κ1) is 19.9. The molecule has 5 atom stereocenters. The summed E-state index contributed by atoms with van der Waals surface area (Å²) in [6, 6.07) is 19.8. The molecule has 5 nitrogen and oxygen atoms in total. The Hall–Kier alpha value is -2.79. The summed E-state index contributed by atoms with van der Waals surface area (Å²) in [5.41, 5.74) is 3.10. The number of ether oxygens (including phenoxy) is 1. The van der Waals surface area contributed by atoms with Crippen LogP contribution in [-0.4, -0.2) is 47.1 Å². The standard InChI is InChI=1S/C27H31N3O2/c1-27-16-22-23(13-17-7-4-3-5-8-17)30(25(27)10-6-9-24(27)29-22)26(31)21-15-18-14-19(32-2)11-12-20(18)28-21/h3-5,7-8,11-12,14-15,22-25,28-29H,6,9-10,13,16H2,1-2H3/t22-,23-,24-,25+,27-/m0/s1. The van der Waals surface area contributed by atoms with Crippen LogP contribution < -0.4 is 10.1 Å². The number of methoxy groups -OCH3 is 1. The second kappa shape index (κ2) is 7.38. The quantitative estimate of drug-likeness (QED) is 0.641. The first-order valence-electron chi connectivity index (χ1n) is 11.9. The molecule has 0 spiro atoms. The highest BCUT2D eigenvalue weighted by Gasteiger charge is 2.60. The number of likely N-dealkylation sites (tertiary alicyclic amines) is 1. The van der Waals surface area contributed by atoms with E-state index in [0.717, 1.165) is 35.9 Å². The van der Waals surface area contributed by atoms with Gasteiger partial charge in [0.1, 0.15) is 11.4 Å². The second-order valence-corrected chi connectivity index (χ2v) is 10.1. The molecular weight excluding hydrogens is 398 g/mol. The van der Waals surface area contributed by atoms with Gasteiger partial charge < -0.3 is 19.9 Å². The van der Waals surface area contributed by atoms with E-state index in [4.69, 9.17) is 4.74 Å². The fourth-order valence-corrected chi connectivity index (χ4v) is 6.76. The van der Waals surface area contributed by atoms with Crippen molar-refractivity contribution in [2.45, 2.75) is 63.2 Å². The predicted octanol–water partition coefficient (Wildman–Crippen LogP) is 4.53. The molecule has 0 unspecified atom stereocenters. The molecule has 3 fully saturated rings. The molecule has 1 amide bonds. The molecule has 166 valence electrons. The van der Waals surface area contributed by atoms with Crippen LogP contribution in [0.1, 0.15) is 48.7 Å². The lowest BCUT2D eigenvalue weighted by atomic mass is 9.64. The number of hydrogen-bond acceptors (Lipinski definition) is 3. The number of amides is 1. The molecule has 1 aliphatic carbocycles. The number of fused-ring (bicyclic) bond motifs is 2.